The van der Waals surface area contributed by atoms with Crippen LogP contribution in [0.25, 0.3) is 0 Å². The van der Waals surface area contributed by atoms with E-state index in [-0.39, 0.29) is 25.3 Å². The zero-order valence-electron chi connectivity index (χ0n) is 20.7. The highest BCUT2D eigenvalue weighted by Gasteiger charge is 2.45. The smallest absolute Gasteiger partial charge is 0.325 e. The number of aliphatic hydroxyl groups excluding tert-OH is 1. The van der Waals surface area contributed by atoms with Gasteiger partial charge in [-0.3, -0.25) is 9.59 Å². The Morgan fingerprint density at radius 1 is 1.24 bits per heavy atom. The lowest BCUT2D eigenvalue weighted by Crippen LogP contribution is -2.49. The molecule has 9 nitrogen and oxygen atoms in total. The van der Waals surface area contributed by atoms with Crippen molar-refractivity contribution in [1.82, 2.24) is 15.2 Å². The van der Waals surface area contributed by atoms with Crippen LogP contribution in [0.5, 0.6) is 5.75 Å². The molecule has 4 rings (SSSR count). The first-order chi connectivity index (χ1) is 17.9. The molecular weight excluding hydrogens is 499 g/mol. The van der Waals surface area contributed by atoms with Crippen LogP contribution in [-0.4, -0.2) is 52.1 Å². The van der Waals surface area contributed by atoms with E-state index in [0.29, 0.717) is 22.6 Å². The zero-order chi connectivity index (χ0) is 26.9. The van der Waals surface area contributed by atoms with E-state index in [9.17, 15) is 18.8 Å². The fraction of sp³-hybridized carbons (Fsp3) is 0.308. The first kappa shape index (κ1) is 27.8. The molecule has 1 aromatic heterocycles. The Morgan fingerprint density at radius 2 is 1.97 bits per heavy atom. The summed E-state index contributed by atoms with van der Waals surface area (Å²) in [6.45, 7) is 5.71. The second kappa shape index (κ2) is 12.9. The van der Waals surface area contributed by atoms with Crippen LogP contribution in [0.4, 0.5) is 14.9 Å². The van der Waals surface area contributed by atoms with E-state index >= 15 is 0 Å². The van der Waals surface area contributed by atoms with Gasteiger partial charge in [0.05, 0.1) is 23.5 Å². The predicted octanol–water partition coefficient (Wildman–Crippen LogP) is 3.83. The van der Waals surface area contributed by atoms with Crippen LogP contribution in [-0.2, 0) is 16.0 Å². The highest BCUT2D eigenvalue weighted by atomic mass is 32.1. The first-order valence-electron chi connectivity index (χ1n) is 11.8. The van der Waals surface area contributed by atoms with Crippen LogP contribution in [0.1, 0.15) is 36.7 Å². The van der Waals surface area contributed by atoms with Crippen LogP contribution in [0.2, 0.25) is 0 Å². The van der Waals surface area contributed by atoms with Crippen molar-refractivity contribution in [3.63, 3.8) is 0 Å². The number of aryl methyl sites for hydroxylation is 1. The third-order valence-corrected chi connectivity index (χ3v) is 6.06. The van der Waals surface area contributed by atoms with Crippen molar-refractivity contribution < 1.29 is 28.6 Å². The number of hydrogen-bond donors (Lipinski definition) is 3. The summed E-state index contributed by atoms with van der Waals surface area (Å²) in [4.78, 5) is 44.5. The Bertz CT molecular complexity index is 1220. The lowest BCUT2D eigenvalue weighted by Gasteiger charge is -2.24. The third-order valence-electron chi connectivity index (χ3n) is 5.43. The number of nitrogens with zero attached hydrogens (tertiary/aromatic N) is 2. The van der Waals surface area contributed by atoms with Gasteiger partial charge in [0.1, 0.15) is 30.3 Å². The Kier molecular flexibility index (Phi) is 9.70. The normalized spacial score (nSPS) is 15.5. The van der Waals surface area contributed by atoms with Crippen LogP contribution < -0.4 is 15.4 Å². The average molecular weight is 529 g/mol. The standard InChI is InChI=1S/C24H23FN4O5S.C2H6/c1-14-2-7-19(18(25)10-14)27-22(31)20(11-16-12-35-13-26-16)29-23(32)21(28-24(29)33)15-3-5-17(6-4-15)34-9-8-30;1-2/h2-7,10,12-13,20-21,30H,8-9,11H2,1H3,(H,27,31)(H,28,33);1-2H3/t20?,21-;/m1./s1. The van der Waals surface area contributed by atoms with Gasteiger partial charge in [0.15, 0.2) is 0 Å². The number of urea groups is 1. The molecule has 4 amide bonds. The van der Waals surface area contributed by atoms with Gasteiger partial charge in [0, 0.05) is 11.8 Å². The Hall–Kier alpha value is -3.83. The maximum atomic E-state index is 14.4. The van der Waals surface area contributed by atoms with Crippen molar-refractivity contribution in [3.05, 3.63) is 76.0 Å². The van der Waals surface area contributed by atoms with Crippen LogP contribution >= 0.6 is 11.3 Å². The number of ether oxygens (including phenoxy) is 1. The van der Waals surface area contributed by atoms with Gasteiger partial charge in [-0.05, 0) is 42.3 Å². The number of halogens is 1. The van der Waals surface area contributed by atoms with Crippen molar-refractivity contribution in [2.75, 3.05) is 18.5 Å². The number of amides is 4. The summed E-state index contributed by atoms with van der Waals surface area (Å²) in [5.41, 5.74) is 3.24. The minimum atomic E-state index is -1.25. The summed E-state index contributed by atoms with van der Waals surface area (Å²) in [7, 11) is 0. The minimum Gasteiger partial charge on any atom is -0.491 e. The number of thiazole rings is 1. The summed E-state index contributed by atoms with van der Waals surface area (Å²) < 4.78 is 19.7. The van der Waals surface area contributed by atoms with E-state index in [0.717, 1.165) is 4.90 Å². The molecule has 1 fully saturated rings. The van der Waals surface area contributed by atoms with E-state index < -0.39 is 35.7 Å². The van der Waals surface area contributed by atoms with Crippen molar-refractivity contribution in [1.29, 1.82) is 0 Å². The number of rotatable bonds is 9. The number of benzene rings is 2. The molecule has 1 unspecified atom stereocenters. The van der Waals surface area contributed by atoms with Gasteiger partial charge in [-0.2, -0.15) is 0 Å². The molecule has 0 bridgehead atoms. The largest absolute Gasteiger partial charge is 0.491 e. The molecule has 2 heterocycles. The van der Waals surface area contributed by atoms with Gasteiger partial charge < -0.3 is 20.5 Å². The number of carbonyl (C=O) groups is 3. The molecule has 2 aromatic carbocycles. The molecule has 2 atom stereocenters. The maximum Gasteiger partial charge on any atom is 0.325 e. The van der Waals surface area contributed by atoms with Crippen molar-refractivity contribution in [2.24, 2.45) is 0 Å². The molecule has 0 spiro atoms. The topological polar surface area (TPSA) is 121 Å². The van der Waals surface area contributed by atoms with Gasteiger partial charge in [0.25, 0.3) is 5.91 Å². The Morgan fingerprint density at radius 3 is 2.59 bits per heavy atom. The Balaban J connectivity index is 0.00000186. The van der Waals surface area contributed by atoms with Crippen LogP contribution in [0, 0.1) is 12.7 Å². The number of imide groups is 1. The second-order valence-electron chi connectivity index (χ2n) is 7.90. The van der Waals surface area contributed by atoms with E-state index in [4.69, 9.17) is 9.84 Å². The highest BCUT2D eigenvalue weighted by Crippen LogP contribution is 2.27. The zero-order valence-corrected chi connectivity index (χ0v) is 21.5. The molecule has 3 N–H and O–H groups in total. The van der Waals surface area contributed by atoms with Gasteiger partial charge in [-0.15, -0.1) is 11.3 Å². The summed E-state index contributed by atoms with van der Waals surface area (Å²) in [5, 5.41) is 15.7. The van der Waals surface area contributed by atoms with Crippen LogP contribution in [0.3, 0.4) is 0 Å². The van der Waals surface area contributed by atoms with Crippen molar-refractivity contribution in [3.8, 4) is 5.75 Å². The molecule has 196 valence electrons. The van der Waals surface area contributed by atoms with Gasteiger partial charge in [0.2, 0.25) is 5.91 Å². The highest BCUT2D eigenvalue weighted by molar-refractivity contribution is 7.07. The number of aliphatic hydroxyl groups is 1. The van der Waals surface area contributed by atoms with E-state index in [1.165, 1.54) is 23.5 Å². The molecule has 1 saturated heterocycles. The average Bonchev–Trinajstić information content (AvgIpc) is 3.52. The van der Waals surface area contributed by atoms with Gasteiger partial charge in [-0.1, -0.05) is 32.0 Å². The molecule has 0 saturated carbocycles. The number of anilines is 1. The lowest BCUT2D eigenvalue weighted by molar-refractivity contribution is -0.134. The summed E-state index contributed by atoms with van der Waals surface area (Å²) in [5.74, 6) is -1.45. The minimum absolute atomic E-state index is 0.0252. The molecule has 0 radical (unpaired) electrons. The third kappa shape index (κ3) is 6.69. The van der Waals surface area contributed by atoms with E-state index in [1.54, 1.807) is 48.1 Å². The quantitative estimate of drug-likeness (QED) is 0.363. The lowest BCUT2D eigenvalue weighted by atomic mass is 10.0. The number of nitrogens with one attached hydrogen (secondary N) is 2. The monoisotopic (exact) mass is 528 g/mol. The molecule has 11 heteroatoms. The molecule has 1 aliphatic heterocycles. The second-order valence-corrected chi connectivity index (χ2v) is 8.62. The van der Waals surface area contributed by atoms with Gasteiger partial charge >= 0.3 is 6.03 Å². The SMILES string of the molecule is CC.Cc1ccc(NC(=O)C(Cc2cscn2)N2C(=O)N[C@H](c3ccc(OCCO)cc3)C2=O)c(F)c1. The van der Waals surface area contributed by atoms with E-state index in [2.05, 4.69) is 15.6 Å². The number of carbonyl (C=O) groups excluding carboxylic acids is 3. The summed E-state index contributed by atoms with van der Waals surface area (Å²) in [6, 6.07) is 7.84. The Labute approximate surface area is 218 Å². The van der Waals surface area contributed by atoms with E-state index in [1.807, 2.05) is 13.8 Å². The van der Waals surface area contributed by atoms with Crippen molar-refractivity contribution >= 4 is 34.9 Å². The predicted molar refractivity (Wildman–Crippen MR) is 138 cm³/mol. The first-order valence-corrected chi connectivity index (χ1v) is 12.7. The summed E-state index contributed by atoms with van der Waals surface area (Å²) in [6.07, 6.45) is -0.0252. The van der Waals surface area contributed by atoms with Gasteiger partial charge in [-0.25, -0.2) is 19.1 Å². The molecular formula is C26H29FN4O5S. The van der Waals surface area contributed by atoms with Crippen LogP contribution in [0.15, 0.2) is 53.4 Å². The molecule has 0 aliphatic carbocycles. The summed E-state index contributed by atoms with van der Waals surface area (Å²) >= 11 is 1.32. The maximum absolute atomic E-state index is 14.4. The molecule has 37 heavy (non-hydrogen) atoms. The number of aromatic nitrogens is 1. The fourth-order valence-corrected chi connectivity index (χ4v) is 4.28. The number of hydrogen-bond acceptors (Lipinski definition) is 7. The van der Waals surface area contributed by atoms with Crippen molar-refractivity contribution in [2.45, 2.75) is 39.3 Å². The molecule has 3 aromatic rings. The fourth-order valence-electron chi connectivity index (χ4n) is 3.71. The molecule has 1 aliphatic rings.